The van der Waals surface area contributed by atoms with E-state index in [0.29, 0.717) is 6.04 Å². The Kier molecular flexibility index (Phi) is 4.18. The van der Waals surface area contributed by atoms with E-state index in [1.807, 2.05) is 17.7 Å². The van der Waals surface area contributed by atoms with Gasteiger partial charge in [-0.2, -0.15) is 11.3 Å². The van der Waals surface area contributed by atoms with E-state index < -0.39 is 0 Å². The third-order valence-corrected chi connectivity index (χ3v) is 4.15. The average Bonchev–Trinajstić information content (AvgIpc) is 2.95. The summed E-state index contributed by atoms with van der Waals surface area (Å²) in [6.07, 6.45) is 2.10. The first-order chi connectivity index (χ1) is 8.24. The molecule has 1 unspecified atom stereocenters. The van der Waals surface area contributed by atoms with Gasteiger partial charge in [0.1, 0.15) is 0 Å². The Hall–Kier alpha value is -0.870. The molecule has 1 fully saturated rings. The van der Waals surface area contributed by atoms with Crippen LogP contribution >= 0.6 is 11.3 Å². The van der Waals surface area contributed by atoms with E-state index in [-0.39, 0.29) is 5.91 Å². The molecule has 0 bridgehead atoms. The number of thiophene rings is 1. The van der Waals surface area contributed by atoms with Gasteiger partial charge in [-0.25, -0.2) is 0 Å². The summed E-state index contributed by atoms with van der Waals surface area (Å²) in [6, 6.07) is 0.377. The molecule has 1 atom stereocenters. The zero-order valence-electron chi connectivity index (χ0n) is 10.5. The van der Waals surface area contributed by atoms with Crippen LogP contribution in [-0.2, 0) is 0 Å². The summed E-state index contributed by atoms with van der Waals surface area (Å²) >= 11 is 1.61. The van der Waals surface area contributed by atoms with E-state index in [1.165, 1.54) is 0 Å². The van der Waals surface area contributed by atoms with Crippen molar-refractivity contribution in [2.45, 2.75) is 32.7 Å². The topological polar surface area (TPSA) is 32.3 Å². The summed E-state index contributed by atoms with van der Waals surface area (Å²) in [6.45, 7) is 6.97. The van der Waals surface area contributed by atoms with Gasteiger partial charge in [0.15, 0.2) is 0 Å². The SMILES string of the molecule is CCCN(C(=O)c1cscc1C)C1CCNC1. The summed E-state index contributed by atoms with van der Waals surface area (Å²) in [5.74, 6) is 0.208. The van der Waals surface area contributed by atoms with Gasteiger partial charge in [0.05, 0.1) is 5.56 Å². The molecule has 1 N–H and O–H groups in total. The van der Waals surface area contributed by atoms with Crippen LogP contribution in [0, 0.1) is 6.92 Å². The minimum atomic E-state index is 0.208. The molecular formula is C13H20N2OS. The molecule has 0 radical (unpaired) electrons. The molecule has 2 heterocycles. The Balaban J connectivity index is 2.15. The van der Waals surface area contributed by atoms with Gasteiger partial charge < -0.3 is 10.2 Å². The van der Waals surface area contributed by atoms with Crippen LogP contribution < -0.4 is 5.32 Å². The van der Waals surface area contributed by atoms with Crippen LogP contribution in [0.1, 0.15) is 35.7 Å². The molecule has 0 aromatic carbocycles. The first-order valence-corrected chi connectivity index (χ1v) is 7.22. The molecule has 17 heavy (non-hydrogen) atoms. The van der Waals surface area contributed by atoms with Crippen molar-refractivity contribution in [2.24, 2.45) is 0 Å². The molecule has 1 aromatic rings. The Morgan fingerprint density at radius 1 is 1.59 bits per heavy atom. The van der Waals surface area contributed by atoms with Crippen molar-refractivity contribution in [3.05, 3.63) is 21.9 Å². The fraction of sp³-hybridized carbons (Fsp3) is 0.615. The molecule has 1 aliphatic rings. The molecule has 1 aliphatic heterocycles. The summed E-state index contributed by atoms with van der Waals surface area (Å²) in [5, 5.41) is 7.36. The van der Waals surface area contributed by atoms with Crippen LogP contribution in [0.15, 0.2) is 10.8 Å². The highest BCUT2D eigenvalue weighted by molar-refractivity contribution is 7.08. The maximum Gasteiger partial charge on any atom is 0.255 e. The molecule has 0 spiro atoms. The van der Waals surface area contributed by atoms with E-state index in [2.05, 4.69) is 17.1 Å². The maximum absolute atomic E-state index is 12.5. The van der Waals surface area contributed by atoms with E-state index in [9.17, 15) is 4.79 Å². The Morgan fingerprint density at radius 2 is 2.41 bits per heavy atom. The van der Waals surface area contributed by atoms with Crippen molar-refractivity contribution < 1.29 is 4.79 Å². The second kappa shape index (κ2) is 5.65. The number of hydrogen-bond acceptors (Lipinski definition) is 3. The molecule has 94 valence electrons. The average molecular weight is 252 g/mol. The van der Waals surface area contributed by atoms with Crippen LogP contribution in [0.2, 0.25) is 0 Å². The quantitative estimate of drug-likeness (QED) is 0.891. The summed E-state index contributed by atoms with van der Waals surface area (Å²) in [5.41, 5.74) is 1.99. The van der Waals surface area contributed by atoms with Crippen molar-refractivity contribution in [1.82, 2.24) is 10.2 Å². The molecule has 1 saturated heterocycles. The summed E-state index contributed by atoms with van der Waals surface area (Å²) < 4.78 is 0. The molecular weight excluding hydrogens is 232 g/mol. The Morgan fingerprint density at radius 3 is 2.94 bits per heavy atom. The van der Waals surface area contributed by atoms with Crippen molar-refractivity contribution in [1.29, 1.82) is 0 Å². The fourth-order valence-corrected chi connectivity index (χ4v) is 3.15. The van der Waals surface area contributed by atoms with Gasteiger partial charge in [0.25, 0.3) is 5.91 Å². The zero-order valence-corrected chi connectivity index (χ0v) is 11.3. The number of amides is 1. The third-order valence-electron chi connectivity index (χ3n) is 3.29. The van der Waals surface area contributed by atoms with Crippen LogP contribution in [0.3, 0.4) is 0 Å². The maximum atomic E-state index is 12.5. The minimum Gasteiger partial charge on any atom is -0.334 e. The lowest BCUT2D eigenvalue weighted by atomic mass is 10.1. The molecule has 3 nitrogen and oxygen atoms in total. The molecule has 0 aliphatic carbocycles. The number of aryl methyl sites for hydroxylation is 1. The smallest absolute Gasteiger partial charge is 0.255 e. The van der Waals surface area contributed by atoms with Crippen LogP contribution in [0.25, 0.3) is 0 Å². The summed E-state index contributed by atoms with van der Waals surface area (Å²) in [7, 11) is 0. The zero-order chi connectivity index (χ0) is 12.3. The van der Waals surface area contributed by atoms with E-state index in [4.69, 9.17) is 0 Å². The number of rotatable bonds is 4. The predicted molar refractivity (Wildman–Crippen MR) is 71.7 cm³/mol. The molecule has 4 heteroatoms. The van der Waals surface area contributed by atoms with E-state index in [1.54, 1.807) is 11.3 Å². The number of hydrogen-bond donors (Lipinski definition) is 1. The van der Waals surface area contributed by atoms with Crippen molar-refractivity contribution in [2.75, 3.05) is 19.6 Å². The lowest BCUT2D eigenvalue weighted by molar-refractivity contribution is 0.0692. The first kappa shape index (κ1) is 12.6. The third kappa shape index (κ3) is 2.69. The van der Waals surface area contributed by atoms with Gasteiger partial charge in [0, 0.05) is 24.5 Å². The lowest BCUT2D eigenvalue weighted by Gasteiger charge is -2.28. The highest BCUT2D eigenvalue weighted by Gasteiger charge is 2.27. The molecule has 1 aromatic heterocycles. The summed E-state index contributed by atoms with van der Waals surface area (Å²) in [4.78, 5) is 14.6. The van der Waals surface area contributed by atoms with Crippen LogP contribution in [-0.4, -0.2) is 36.5 Å². The molecule has 2 rings (SSSR count). The highest BCUT2D eigenvalue weighted by atomic mass is 32.1. The Bertz CT molecular complexity index is 383. The second-order valence-electron chi connectivity index (χ2n) is 4.61. The Labute approximate surface area is 107 Å². The van der Waals surface area contributed by atoms with Crippen molar-refractivity contribution >= 4 is 17.2 Å². The molecule has 1 amide bonds. The fourth-order valence-electron chi connectivity index (χ4n) is 2.33. The second-order valence-corrected chi connectivity index (χ2v) is 5.36. The normalized spacial score (nSPS) is 19.5. The molecule has 0 saturated carbocycles. The van der Waals surface area contributed by atoms with Gasteiger partial charge in [-0.3, -0.25) is 4.79 Å². The number of carbonyl (C=O) groups excluding carboxylic acids is 1. The largest absolute Gasteiger partial charge is 0.334 e. The number of nitrogens with one attached hydrogen (secondary N) is 1. The van der Waals surface area contributed by atoms with Gasteiger partial charge in [-0.1, -0.05) is 6.92 Å². The number of carbonyl (C=O) groups is 1. The number of nitrogens with zero attached hydrogens (tertiary/aromatic N) is 1. The van der Waals surface area contributed by atoms with Gasteiger partial charge >= 0.3 is 0 Å². The van der Waals surface area contributed by atoms with E-state index >= 15 is 0 Å². The van der Waals surface area contributed by atoms with Crippen molar-refractivity contribution in [3.8, 4) is 0 Å². The van der Waals surface area contributed by atoms with Crippen molar-refractivity contribution in [3.63, 3.8) is 0 Å². The van der Waals surface area contributed by atoms with Gasteiger partial charge in [0.2, 0.25) is 0 Å². The highest BCUT2D eigenvalue weighted by Crippen LogP contribution is 2.19. The van der Waals surface area contributed by atoms with Crippen LogP contribution in [0.5, 0.6) is 0 Å². The van der Waals surface area contributed by atoms with Gasteiger partial charge in [-0.15, -0.1) is 0 Å². The lowest BCUT2D eigenvalue weighted by Crippen LogP contribution is -2.42. The van der Waals surface area contributed by atoms with Crippen LogP contribution in [0.4, 0.5) is 0 Å². The minimum absolute atomic E-state index is 0.208. The standard InChI is InChI=1S/C13H20N2OS/c1-3-6-15(11-4-5-14-7-11)13(16)12-9-17-8-10(12)2/h8-9,11,14H,3-7H2,1-2H3. The monoisotopic (exact) mass is 252 g/mol. The predicted octanol–water partition coefficient (Wildman–Crippen LogP) is 2.27. The van der Waals surface area contributed by atoms with E-state index in [0.717, 1.165) is 43.6 Å². The first-order valence-electron chi connectivity index (χ1n) is 6.28. The van der Waals surface area contributed by atoms with Gasteiger partial charge in [-0.05, 0) is 37.3 Å².